The molecule has 0 bridgehead atoms. The Kier molecular flexibility index (Phi) is 4.80. The minimum Gasteiger partial charge on any atom is -0.492 e. The van der Waals surface area contributed by atoms with Crippen molar-refractivity contribution in [2.24, 2.45) is 0 Å². The topological polar surface area (TPSA) is 55.4 Å². The van der Waals surface area contributed by atoms with Gasteiger partial charge in [-0.2, -0.15) is 0 Å². The van der Waals surface area contributed by atoms with Crippen molar-refractivity contribution in [2.45, 2.75) is 18.1 Å². The summed E-state index contributed by atoms with van der Waals surface area (Å²) >= 11 is 1.20. The quantitative estimate of drug-likeness (QED) is 0.835. The molecule has 0 saturated carbocycles. The van der Waals surface area contributed by atoms with Gasteiger partial charge in [-0.3, -0.25) is 0 Å². The van der Waals surface area contributed by atoms with Crippen molar-refractivity contribution >= 4 is 21.4 Å². The van der Waals surface area contributed by atoms with Crippen LogP contribution in [0.25, 0.3) is 0 Å². The van der Waals surface area contributed by atoms with E-state index in [1.807, 2.05) is 32.0 Å². The third-order valence-corrected chi connectivity index (χ3v) is 5.76. The Morgan fingerprint density at radius 3 is 2.65 bits per heavy atom. The molecule has 4 nitrogen and oxygen atoms in total. The molecule has 0 amide bonds. The Labute approximate surface area is 123 Å². The number of rotatable bonds is 6. The van der Waals surface area contributed by atoms with Gasteiger partial charge in [-0.1, -0.05) is 12.1 Å². The highest BCUT2D eigenvalue weighted by Gasteiger charge is 2.13. The molecule has 1 N–H and O–H groups in total. The molecule has 0 unspecified atom stereocenters. The van der Waals surface area contributed by atoms with E-state index in [9.17, 15) is 8.42 Å². The molecule has 0 aliphatic heterocycles. The summed E-state index contributed by atoms with van der Waals surface area (Å²) < 4.78 is 32.1. The van der Waals surface area contributed by atoms with Gasteiger partial charge >= 0.3 is 0 Å². The summed E-state index contributed by atoms with van der Waals surface area (Å²) in [7, 11) is -3.40. The summed E-state index contributed by atoms with van der Waals surface area (Å²) in [6.45, 7) is 4.59. The fourth-order valence-electron chi connectivity index (χ4n) is 1.64. The summed E-state index contributed by atoms with van der Waals surface area (Å²) in [6.07, 6.45) is 0. The first-order chi connectivity index (χ1) is 9.49. The van der Waals surface area contributed by atoms with Crippen LogP contribution >= 0.6 is 11.3 Å². The number of thiophene rings is 1. The largest absolute Gasteiger partial charge is 0.492 e. The average Bonchev–Trinajstić information content (AvgIpc) is 2.93. The van der Waals surface area contributed by atoms with Crippen LogP contribution in [0.15, 0.2) is 39.9 Å². The Bertz CT molecular complexity index is 664. The van der Waals surface area contributed by atoms with Crippen LogP contribution in [0, 0.1) is 13.8 Å². The summed E-state index contributed by atoms with van der Waals surface area (Å²) in [5.41, 5.74) is 2.36. The number of ether oxygens (including phenoxy) is 1. The number of benzene rings is 1. The minimum atomic E-state index is -3.40. The first-order valence-electron chi connectivity index (χ1n) is 6.22. The van der Waals surface area contributed by atoms with Crippen molar-refractivity contribution in [1.29, 1.82) is 0 Å². The monoisotopic (exact) mass is 311 g/mol. The summed E-state index contributed by atoms with van der Waals surface area (Å²) in [6, 6.07) is 9.11. The second kappa shape index (κ2) is 6.39. The van der Waals surface area contributed by atoms with Crippen LogP contribution in [0.5, 0.6) is 5.75 Å². The molecule has 0 fully saturated rings. The third kappa shape index (κ3) is 3.82. The van der Waals surface area contributed by atoms with Gasteiger partial charge in [0.25, 0.3) is 0 Å². The molecule has 1 heterocycles. The van der Waals surface area contributed by atoms with Crippen LogP contribution in [0.4, 0.5) is 0 Å². The normalized spacial score (nSPS) is 11.5. The van der Waals surface area contributed by atoms with Crippen LogP contribution in [-0.4, -0.2) is 21.6 Å². The maximum Gasteiger partial charge on any atom is 0.250 e. The first kappa shape index (κ1) is 15.0. The van der Waals surface area contributed by atoms with E-state index in [0.717, 1.165) is 11.3 Å². The highest BCUT2D eigenvalue weighted by Crippen LogP contribution is 2.17. The van der Waals surface area contributed by atoms with Crippen LogP contribution < -0.4 is 9.46 Å². The summed E-state index contributed by atoms with van der Waals surface area (Å²) in [5, 5.41) is 1.74. The smallest absolute Gasteiger partial charge is 0.250 e. The molecular formula is C14H17NO3S2. The van der Waals surface area contributed by atoms with E-state index in [1.165, 1.54) is 16.9 Å². The van der Waals surface area contributed by atoms with E-state index >= 15 is 0 Å². The van der Waals surface area contributed by atoms with Gasteiger partial charge in [0.15, 0.2) is 0 Å². The van der Waals surface area contributed by atoms with E-state index < -0.39 is 10.0 Å². The third-order valence-electron chi connectivity index (χ3n) is 2.90. The van der Waals surface area contributed by atoms with Gasteiger partial charge in [0.2, 0.25) is 10.0 Å². The van der Waals surface area contributed by atoms with Crippen molar-refractivity contribution in [3.8, 4) is 5.75 Å². The van der Waals surface area contributed by atoms with E-state index in [4.69, 9.17) is 4.74 Å². The average molecular weight is 311 g/mol. The van der Waals surface area contributed by atoms with Crippen LogP contribution in [-0.2, 0) is 10.0 Å². The lowest BCUT2D eigenvalue weighted by Crippen LogP contribution is -2.27. The fraction of sp³-hybridized carbons (Fsp3) is 0.286. The zero-order valence-corrected chi connectivity index (χ0v) is 13.1. The Balaban J connectivity index is 1.83. The van der Waals surface area contributed by atoms with Gasteiger partial charge in [-0.05, 0) is 48.6 Å². The zero-order valence-electron chi connectivity index (χ0n) is 11.4. The maximum atomic E-state index is 11.8. The van der Waals surface area contributed by atoms with Crippen LogP contribution in [0.1, 0.15) is 11.1 Å². The van der Waals surface area contributed by atoms with E-state index in [2.05, 4.69) is 4.72 Å². The number of hydrogen-bond donors (Lipinski definition) is 1. The number of hydrogen-bond acceptors (Lipinski definition) is 4. The summed E-state index contributed by atoms with van der Waals surface area (Å²) in [5.74, 6) is 0.753. The Morgan fingerprint density at radius 2 is 2.00 bits per heavy atom. The molecular weight excluding hydrogens is 294 g/mol. The highest BCUT2D eigenvalue weighted by atomic mass is 32.2. The number of sulfonamides is 1. The predicted octanol–water partition coefficient (Wildman–Crippen LogP) is 2.72. The fourth-order valence-corrected chi connectivity index (χ4v) is 3.69. The van der Waals surface area contributed by atoms with Crippen molar-refractivity contribution in [3.05, 3.63) is 46.8 Å². The molecule has 0 radical (unpaired) electrons. The van der Waals surface area contributed by atoms with Crippen LogP contribution in [0.2, 0.25) is 0 Å². The Hall–Kier alpha value is -1.37. The Morgan fingerprint density at radius 1 is 1.20 bits per heavy atom. The lowest BCUT2D eigenvalue weighted by molar-refractivity contribution is 0.322. The van der Waals surface area contributed by atoms with Gasteiger partial charge in [0.1, 0.15) is 16.6 Å². The SMILES string of the molecule is Cc1ccc(OCCNS(=O)(=O)c2cccs2)cc1C. The van der Waals surface area contributed by atoms with Crippen molar-refractivity contribution in [3.63, 3.8) is 0 Å². The molecule has 20 heavy (non-hydrogen) atoms. The molecule has 0 atom stereocenters. The number of nitrogens with one attached hydrogen (secondary N) is 1. The molecule has 108 valence electrons. The first-order valence-corrected chi connectivity index (χ1v) is 8.58. The minimum absolute atomic E-state index is 0.243. The van der Waals surface area contributed by atoms with Crippen molar-refractivity contribution in [1.82, 2.24) is 4.72 Å². The van der Waals surface area contributed by atoms with Gasteiger partial charge in [0, 0.05) is 6.54 Å². The molecule has 1 aromatic heterocycles. The maximum absolute atomic E-state index is 11.8. The van der Waals surface area contributed by atoms with E-state index in [1.54, 1.807) is 17.5 Å². The van der Waals surface area contributed by atoms with Gasteiger partial charge in [0.05, 0.1) is 0 Å². The molecule has 2 rings (SSSR count). The lowest BCUT2D eigenvalue weighted by atomic mass is 10.1. The van der Waals surface area contributed by atoms with Crippen molar-refractivity contribution in [2.75, 3.05) is 13.2 Å². The van der Waals surface area contributed by atoms with Crippen molar-refractivity contribution < 1.29 is 13.2 Å². The molecule has 2 aromatic rings. The predicted molar refractivity (Wildman–Crippen MR) is 80.9 cm³/mol. The standard InChI is InChI=1S/C14H17NO3S2/c1-11-5-6-13(10-12(11)2)18-8-7-15-20(16,17)14-4-3-9-19-14/h3-6,9-10,15H,7-8H2,1-2H3. The highest BCUT2D eigenvalue weighted by molar-refractivity contribution is 7.91. The molecule has 0 aliphatic rings. The molecule has 0 spiro atoms. The lowest BCUT2D eigenvalue weighted by Gasteiger charge is -2.09. The van der Waals surface area contributed by atoms with Gasteiger partial charge in [-0.15, -0.1) is 11.3 Å². The number of aryl methyl sites for hydroxylation is 2. The molecule has 0 aliphatic carbocycles. The second-order valence-electron chi connectivity index (χ2n) is 4.42. The van der Waals surface area contributed by atoms with Gasteiger partial charge in [-0.25, -0.2) is 13.1 Å². The summed E-state index contributed by atoms with van der Waals surface area (Å²) in [4.78, 5) is 0. The molecule has 6 heteroatoms. The van der Waals surface area contributed by atoms with Gasteiger partial charge < -0.3 is 4.74 Å². The van der Waals surface area contributed by atoms with E-state index in [0.29, 0.717) is 10.8 Å². The van der Waals surface area contributed by atoms with E-state index in [-0.39, 0.29) is 6.54 Å². The second-order valence-corrected chi connectivity index (χ2v) is 7.37. The zero-order chi connectivity index (χ0) is 14.6. The molecule has 0 saturated heterocycles. The molecule has 1 aromatic carbocycles. The van der Waals surface area contributed by atoms with Crippen LogP contribution in [0.3, 0.4) is 0 Å².